The van der Waals surface area contributed by atoms with Crippen molar-refractivity contribution in [1.82, 2.24) is 0 Å². The van der Waals surface area contributed by atoms with E-state index in [-0.39, 0.29) is 0 Å². The Kier molecular flexibility index (Phi) is 4.85. The lowest BCUT2D eigenvalue weighted by atomic mass is 9.96. The van der Waals surface area contributed by atoms with E-state index in [2.05, 4.69) is 88.4 Å². The topological polar surface area (TPSA) is 0 Å². The SMILES string of the molecule is Cc1ccc(Cc2cccc(Cc3ccc(C)c(C)c3)c2)cc1C. The summed E-state index contributed by atoms with van der Waals surface area (Å²) in [5.41, 5.74) is 11.0. The molecule has 0 heteroatoms. The van der Waals surface area contributed by atoms with Gasteiger partial charge >= 0.3 is 0 Å². The fourth-order valence-electron chi connectivity index (χ4n) is 3.15. The molecule has 3 rings (SSSR count). The molecule has 24 heavy (non-hydrogen) atoms. The first-order valence-corrected chi connectivity index (χ1v) is 8.71. The zero-order valence-electron chi connectivity index (χ0n) is 15.2. The van der Waals surface area contributed by atoms with E-state index in [0.29, 0.717) is 0 Å². The van der Waals surface area contributed by atoms with Crippen molar-refractivity contribution in [2.75, 3.05) is 0 Å². The Morgan fingerprint density at radius 1 is 0.458 bits per heavy atom. The van der Waals surface area contributed by atoms with E-state index in [0.717, 1.165) is 12.8 Å². The van der Waals surface area contributed by atoms with E-state index >= 15 is 0 Å². The van der Waals surface area contributed by atoms with Crippen LogP contribution in [0.2, 0.25) is 0 Å². The van der Waals surface area contributed by atoms with Gasteiger partial charge in [0.25, 0.3) is 0 Å². The van der Waals surface area contributed by atoms with Gasteiger partial charge < -0.3 is 0 Å². The summed E-state index contributed by atoms with van der Waals surface area (Å²) in [5.74, 6) is 0. The summed E-state index contributed by atoms with van der Waals surface area (Å²) in [6.45, 7) is 8.72. The fraction of sp³-hybridized carbons (Fsp3) is 0.250. The molecular formula is C24H26. The molecule has 0 radical (unpaired) electrons. The summed E-state index contributed by atoms with van der Waals surface area (Å²) in [7, 11) is 0. The van der Waals surface area contributed by atoms with E-state index in [1.54, 1.807) is 0 Å². The normalized spacial score (nSPS) is 10.8. The predicted octanol–water partition coefficient (Wildman–Crippen LogP) is 6.10. The molecule has 0 spiro atoms. The molecule has 0 unspecified atom stereocenters. The highest BCUT2D eigenvalue weighted by molar-refractivity contribution is 5.37. The maximum absolute atomic E-state index is 2.35. The van der Waals surface area contributed by atoms with E-state index in [9.17, 15) is 0 Å². The van der Waals surface area contributed by atoms with Crippen LogP contribution in [0.3, 0.4) is 0 Å². The molecule has 0 bridgehead atoms. The van der Waals surface area contributed by atoms with Gasteiger partial charge in [-0.15, -0.1) is 0 Å². The Balaban J connectivity index is 1.78. The second kappa shape index (κ2) is 7.05. The molecule has 0 saturated heterocycles. The summed E-state index contributed by atoms with van der Waals surface area (Å²) < 4.78 is 0. The van der Waals surface area contributed by atoms with Crippen molar-refractivity contribution in [3.8, 4) is 0 Å². The monoisotopic (exact) mass is 314 g/mol. The maximum Gasteiger partial charge on any atom is -0.00256 e. The van der Waals surface area contributed by atoms with Crippen LogP contribution < -0.4 is 0 Å². The molecular weight excluding hydrogens is 288 g/mol. The van der Waals surface area contributed by atoms with Gasteiger partial charge in [0.05, 0.1) is 0 Å². The van der Waals surface area contributed by atoms with Gasteiger partial charge in [-0.3, -0.25) is 0 Å². The Bertz CT molecular complexity index is 787. The van der Waals surface area contributed by atoms with Crippen LogP contribution in [-0.4, -0.2) is 0 Å². The summed E-state index contributed by atoms with van der Waals surface area (Å²) in [5, 5.41) is 0. The van der Waals surface area contributed by atoms with E-state index in [1.807, 2.05) is 0 Å². The highest BCUT2D eigenvalue weighted by atomic mass is 14.1. The van der Waals surface area contributed by atoms with Crippen LogP contribution in [0.15, 0.2) is 60.7 Å². The third-order valence-corrected chi connectivity index (χ3v) is 4.95. The summed E-state index contributed by atoms with van der Waals surface area (Å²) >= 11 is 0. The minimum Gasteiger partial charge on any atom is -0.0617 e. The van der Waals surface area contributed by atoms with Gasteiger partial charge in [0, 0.05) is 0 Å². The Morgan fingerprint density at radius 3 is 1.29 bits per heavy atom. The summed E-state index contributed by atoms with van der Waals surface area (Å²) in [6.07, 6.45) is 2.00. The molecule has 0 amide bonds. The summed E-state index contributed by atoms with van der Waals surface area (Å²) in [6, 6.07) is 22.6. The van der Waals surface area contributed by atoms with Gasteiger partial charge in [-0.25, -0.2) is 0 Å². The molecule has 0 aliphatic heterocycles. The molecule has 3 aromatic rings. The lowest BCUT2D eigenvalue weighted by molar-refractivity contribution is 1.12. The van der Waals surface area contributed by atoms with Crippen LogP contribution >= 0.6 is 0 Å². The van der Waals surface area contributed by atoms with Gasteiger partial charge in [0.2, 0.25) is 0 Å². The van der Waals surface area contributed by atoms with Crippen molar-refractivity contribution in [2.45, 2.75) is 40.5 Å². The Hall–Kier alpha value is -2.34. The lowest BCUT2D eigenvalue weighted by Crippen LogP contribution is -1.94. The number of aryl methyl sites for hydroxylation is 4. The first kappa shape index (κ1) is 16.5. The maximum atomic E-state index is 2.35. The van der Waals surface area contributed by atoms with Crippen molar-refractivity contribution in [1.29, 1.82) is 0 Å². The van der Waals surface area contributed by atoms with E-state index in [1.165, 1.54) is 44.5 Å². The minimum absolute atomic E-state index is 1.00. The summed E-state index contributed by atoms with van der Waals surface area (Å²) in [4.78, 5) is 0. The van der Waals surface area contributed by atoms with Crippen LogP contribution in [0.5, 0.6) is 0 Å². The van der Waals surface area contributed by atoms with Gasteiger partial charge in [-0.2, -0.15) is 0 Å². The standard InChI is InChI=1S/C24H26/c1-17-8-10-23(12-19(17)3)15-21-6-5-7-22(14-21)16-24-11-9-18(2)20(4)13-24/h5-14H,15-16H2,1-4H3. The fourth-order valence-corrected chi connectivity index (χ4v) is 3.15. The molecule has 0 saturated carbocycles. The number of hydrogen-bond acceptors (Lipinski definition) is 0. The molecule has 0 aromatic heterocycles. The van der Waals surface area contributed by atoms with Crippen LogP contribution in [0.25, 0.3) is 0 Å². The van der Waals surface area contributed by atoms with Crippen LogP contribution in [0.1, 0.15) is 44.5 Å². The molecule has 0 fully saturated rings. The second-order valence-corrected chi connectivity index (χ2v) is 7.01. The number of rotatable bonds is 4. The molecule has 0 N–H and O–H groups in total. The smallest absolute Gasteiger partial charge is 0.00256 e. The molecule has 0 heterocycles. The van der Waals surface area contributed by atoms with E-state index < -0.39 is 0 Å². The second-order valence-electron chi connectivity index (χ2n) is 7.01. The zero-order valence-corrected chi connectivity index (χ0v) is 15.2. The number of benzene rings is 3. The third-order valence-electron chi connectivity index (χ3n) is 4.95. The van der Waals surface area contributed by atoms with Crippen molar-refractivity contribution in [3.05, 3.63) is 105 Å². The molecule has 3 aromatic carbocycles. The van der Waals surface area contributed by atoms with Gasteiger partial charge in [-0.05, 0) is 85.0 Å². The van der Waals surface area contributed by atoms with Gasteiger partial charge in [-0.1, -0.05) is 60.7 Å². The van der Waals surface area contributed by atoms with Crippen LogP contribution in [0.4, 0.5) is 0 Å². The molecule has 0 nitrogen and oxygen atoms in total. The lowest BCUT2D eigenvalue weighted by Gasteiger charge is -2.09. The minimum atomic E-state index is 1.00. The van der Waals surface area contributed by atoms with Crippen molar-refractivity contribution in [2.24, 2.45) is 0 Å². The van der Waals surface area contributed by atoms with Crippen LogP contribution in [-0.2, 0) is 12.8 Å². The van der Waals surface area contributed by atoms with E-state index in [4.69, 9.17) is 0 Å². The quantitative estimate of drug-likeness (QED) is 0.545. The first-order chi connectivity index (χ1) is 11.5. The average Bonchev–Trinajstić information content (AvgIpc) is 2.55. The molecule has 122 valence electrons. The third kappa shape index (κ3) is 3.94. The van der Waals surface area contributed by atoms with Crippen molar-refractivity contribution >= 4 is 0 Å². The predicted molar refractivity (Wildman–Crippen MR) is 104 cm³/mol. The largest absolute Gasteiger partial charge is 0.0617 e. The highest BCUT2D eigenvalue weighted by Gasteiger charge is 2.03. The zero-order chi connectivity index (χ0) is 17.1. The van der Waals surface area contributed by atoms with Crippen molar-refractivity contribution in [3.63, 3.8) is 0 Å². The van der Waals surface area contributed by atoms with Crippen LogP contribution in [0, 0.1) is 27.7 Å². The molecule has 0 aliphatic rings. The molecule has 0 atom stereocenters. The highest BCUT2D eigenvalue weighted by Crippen LogP contribution is 2.18. The number of hydrogen-bond donors (Lipinski definition) is 0. The van der Waals surface area contributed by atoms with Gasteiger partial charge in [0.1, 0.15) is 0 Å². The Labute approximate surface area is 146 Å². The Morgan fingerprint density at radius 2 is 0.875 bits per heavy atom. The molecule has 0 aliphatic carbocycles. The van der Waals surface area contributed by atoms with Gasteiger partial charge in [0.15, 0.2) is 0 Å². The average molecular weight is 314 g/mol. The first-order valence-electron chi connectivity index (χ1n) is 8.71. The van der Waals surface area contributed by atoms with Crippen molar-refractivity contribution < 1.29 is 0 Å².